The van der Waals surface area contributed by atoms with Crippen LogP contribution in [0.1, 0.15) is 13.8 Å². The second-order valence-electron chi connectivity index (χ2n) is 1.63. The minimum absolute atomic E-state index is 0.245. The molecular formula is C7H13FO4. The fourth-order valence-corrected chi connectivity index (χ4v) is 0.200. The Morgan fingerprint density at radius 1 is 1.42 bits per heavy atom. The average Bonchev–Trinajstić information content (AvgIpc) is 2.06. The van der Waals surface area contributed by atoms with Crippen LogP contribution in [0.5, 0.6) is 0 Å². The Kier molecular flexibility index (Phi) is 11.1. The number of carbonyl (C=O) groups is 2. The summed E-state index contributed by atoms with van der Waals surface area (Å²) in [6.07, 6.45) is 0. The Bertz CT molecular complexity index is 135. The van der Waals surface area contributed by atoms with E-state index in [9.17, 15) is 14.0 Å². The molecule has 0 saturated heterocycles. The fraction of sp³-hybridized carbons (Fsp3) is 0.714. The highest BCUT2D eigenvalue weighted by atomic mass is 19.1. The summed E-state index contributed by atoms with van der Waals surface area (Å²) in [4.78, 5) is 19.4. The van der Waals surface area contributed by atoms with Gasteiger partial charge in [-0.1, -0.05) is 0 Å². The third kappa shape index (κ3) is 15.9. The first-order chi connectivity index (χ1) is 5.58. The first kappa shape index (κ1) is 13.5. The maximum Gasteiger partial charge on any atom is 0.337 e. The van der Waals surface area contributed by atoms with Gasteiger partial charge in [0.2, 0.25) is 0 Å². The molecule has 0 atom stereocenters. The molecule has 0 radical (unpaired) electrons. The zero-order chi connectivity index (χ0) is 9.98. The van der Waals surface area contributed by atoms with Gasteiger partial charge in [0.15, 0.2) is 6.67 Å². The molecule has 0 heterocycles. The largest absolute Gasteiger partial charge is 0.469 e. The Hall–Kier alpha value is -1.13. The van der Waals surface area contributed by atoms with Gasteiger partial charge < -0.3 is 9.47 Å². The number of hydrogen-bond donors (Lipinski definition) is 0. The Labute approximate surface area is 70.7 Å². The van der Waals surface area contributed by atoms with E-state index in [0.717, 1.165) is 0 Å². The van der Waals surface area contributed by atoms with Gasteiger partial charge in [-0.25, -0.2) is 9.18 Å². The molecule has 4 nitrogen and oxygen atoms in total. The van der Waals surface area contributed by atoms with Gasteiger partial charge in [0.25, 0.3) is 0 Å². The molecule has 12 heavy (non-hydrogen) atoms. The first-order valence-corrected chi connectivity index (χ1v) is 3.34. The van der Waals surface area contributed by atoms with Crippen LogP contribution in [0.15, 0.2) is 0 Å². The quantitative estimate of drug-likeness (QED) is 0.587. The molecular weight excluding hydrogens is 167 g/mol. The normalized spacial score (nSPS) is 7.67. The van der Waals surface area contributed by atoms with E-state index in [0.29, 0.717) is 0 Å². The Morgan fingerprint density at radius 3 is 1.92 bits per heavy atom. The summed E-state index contributed by atoms with van der Waals surface area (Å²) in [6, 6.07) is 0. The molecule has 72 valence electrons. The molecule has 0 aromatic heterocycles. The van der Waals surface area contributed by atoms with Crippen LogP contribution in [-0.2, 0) is 19.1 Å². The smallest absolute Gasteiger partial charge is 0.337 e. The van der Waals surface area contributed by atoms with Crippen molar-refractivity contribution in [1.29, 1.82) is 0 Å². The summed E-state index contributed by atoms with van der Waals surface area (Å²) in [5, 5.41) is 0. The van der Waals surface area contributed by atoms with Crippen LogP contribution in [0.25, 0.3) is 0 Å². The monoisotopic (exact) mass is 180 g/mol. The summed E-state index contributed by atoms with van der Waals surface area (Å²) in [5.74, 6) is -1.03. The zero-order valence-corrected chi connectivity index (χ0v) is 7.43. The summed E-state index contributed by atoms with van der Waals surface area (Å²) >= 11 is 0. The lowest BCUT2D eigenvalue weighted by atomic mass is 10.7. The number of halogens is 1. The fourth-order valence-electron chi connectivity index (χ4n) is 0.200. The third-order valence-corrected chi connectivity index (χ3v) is 0.702. The Balaban J connectivity index is 0. The summed E-state index contributed by atoms with van der Waals surface area (Å²) in [5.41, 5.74) is 0. The highest BCUT2D eigenvalue weighted by Crippen LogP contribution is 1.75. The van der Waals surface area contributed by atoms with Gasteiger partial charge in [0, 0.05) is 6.92 Å². The maximum atomic E-state index is 11.1. The molecule has 0 aliphatic rings. The summed E-state index contributed by atoms with van der Waals surface area (Å²) < 4.78 is 19.4. The predicted molar refractivity (Wildman–Crippen MR) is 40.3 cm³/mol. The van der Waals surface area contributed by atoms with Crippen LogP contribution in [0, 0.1) is 0 Å². The standard InChI is InChI=1S/C4H7FO2.C3H6O2/c1-2-7-4(6)3-5;1-3(4)5-2/h2-3H2,1H3;1-2H3. The van der Waals surface area contributed by atoms with Gasteiger partial charge in [-0.15, -0.1) is 0 Å². The molecule has 0 amide bonds. The lowest BCUT2D eigenvalue weighted by Crippen LogP contribution is -2.04. The number of hydrogen-bond acceptors (Lipinski definition) is 4. The van der Waals surface area contributed by atoms with Crippen molar-refractivity contribution in [2.75, 3.05) is 20.4 Å². The molecule has 0 bridgehead atoms. The SMILES string of the molecule is CCOC(=O)CF.COC(C)=O. The molecule has 0 aromatic rings. The van der Waals surface area contributed by atoms with Crippen LogP contribution in [-0.4, -0.2) is 32.3 Å². The lowest BCUT2D eigenvalue weighted by Gasteiger charge is -1.92. The van der Waals surface area contributed by atoms with E-state index in [1.165, 1.54) is 14.0 Å². The third-order valence-electron chi connectivity index (χ3n) is 0.702. The molecule has 5 heteroatoms. The van der Waals surface area contributed by atoms with Crippen molar-refractivity contribution >= 4 is 11.9 Å². The van der Waals surface area contributed by atoms with Gasteiger partial charge >= 0.3 is 11.9 Å². The highest BCUT2D eigenvalue weighted by molar-refractivity contribution is 5.70. The number of alkyl halides is 1. The van der Waals surface area contributed by atoms with Gasteiger partial charge in [-0.05, 0) is 6.92 Å². The van der Waals surface area contributed by atoms with Crippen molar-refractivity contribution in [2.24, 2.45) is 0 Å². The number of rotatable bonds is 2. The summed E-state index contributed by atoms with van der Waals surface area (Å²) in [6.45, 7) is 2.23. The van der Waals surface area contributed by atoms with Gasteiger partial charge in [0.1, 0.15) is 0 Å². The second-order valence-corrected chi connectivity index (χ2v) is 1.63. The van der Waals surface area contributed by atoms with E-state index < -0.39 is 12.6 Å². The molecule has 0 saturated carbocycles. The molecule has 0 unspecified atom stereocenters. The molecule has 0 aliphatic carbocycles. The van der Waals surface area contributed by atoms with E-state index >= 15 is 0 Å². The molecule has 0 fully saturated rings. The average molecular weight is 180 g/mol. The Morgan fingerprint density at radius 2 is 1.83 bits per heavy atom. The van der Waals surface area contributed by atoms with Crippen LogP contribution in [0.3, 0.4) is 0 Å². The first-order valence-electron chi connectivity index (χ1n) is 3.34. The molecule has 0 aliphatic heterocycles. The highest BCUT2D eigenvalue weighted by Gasteiger charge is 1.94. The number of esters is 2. The molecule has 0 N–H and O–H groups in total. The van der Waals surface area contributed by atoms with Crippen LogP contribution >= 0.6 is 0 Å². The van der Waals surface area contributed by atoms with Gasteiger partial charge in [-0.2, -0.15) is 0 Å². The second kappa shape index (κ2) is 9.87. The number of methoxy groups -OCH3 is 1. The predicted octanol–water partition coefficient (Wildman–Crippen LogP) is 0.698. The van der Waals surface area contributed by atoms with E-state index in [1.807, 2.05) is 0 Å². The van der Waals surface area contributed by atoms with Gasteiger partial charge in [-0.3, -0.25) is 4.79 Å². The lowest BCUT2D eigenvalue weighted by molar-refractivity contribution is -0.144. The van der Waals surface area contributed by atoms with E-state index in [4.69, 9.17) is 0 Å². The minimum Gasteiger partial charge on any atom is -0.469 e. The van der Waals surface area contributed by atoms with Gasteiger partial charge in [0.05, 0.1) is 13.7 Å². The van der Waals surface area contributed by atoms with E-state index in [-0.39, 0.29) is 12.6 Å². The zero-order valence-electron chi connectivity index (χ0n) is 7.43. The molecule has 0 spiro atoms. The molecule has 0 aromatic carbocycles. The van der Waals surface area contributed by atoms with Crippen LogP contribution in [0.2, 0.25) is 0 Å². The summed E-state index contributed by atoms with van der Waals surface area (Å²) in [7, 11) is 1.35. The van der Waals surface area contributed by atoms with E-state index in [2.05, 4.69) is 9.47 Å². The number of ether oxygens (including phenoxy) is 2. The van der Waals surface area contributed by atoms with Crippen molar-refractivity contribution in [3.05, 3.63) is 0 Å². The number of carbonyl (C=O) groups excluding carboxylic acids is 2. The maximum absolute atomic E-state index is 11.1. The van der Waals surface area contributed by atoms with Crippen molar-refractivity contribution in [3.63, 3.8) is 0 Å². The minimum atomic E-state index is -1.02. The van der Waals surface area contributed by atoms with Crippen molar-refractivity contribution < 1.29 is 23.5 Å². The van der Waals surface area contributed by atoms with E-state index in [1.54, 1.807) is 6.92 Å². The van der Waals surface area contributed by atoms with Crippen LogP contribution in [0.4, 0.5) is 4.39 Å². The van der Waals surface area contributed by atoms with Crippen molar-refractivity contribution in [3.8, 4) is 0 Å². The topological polar surface area (TPSA) is 52.6 Å². The van der Waals surface area contributed by atoms with Crippen LogP contribution < -0.4 is 0 Å². The molecule has 0 rings (SSSR count). The van der Waals surface area contributed by atoms with Crippen molar-refractivity contribution in [1.82, 2.24) is 0 Å². The van der Waals surface area contributed by atoms with Crippen molar-refractivity contribution in [2.45, 2.75) is 13.8 Å².